The van der Waals surface area contributed by atoms with Crippen LogP contribution in [0.3, 0.4) is 0 Å². The molecule has 4 heteroatoms. The van der Waals surface area contributed by atoms with Crippen LogP contribution in [0.15, 0.2) is 24.3 Å². The fraction of sp³-hybridized carbons (Fsp3) is 0.500. The van der Waals surface area contributed by atoms with Crippen molar-refractivity contribution in [2.75, 3.05) is 26.9 Å². The molecule has 0 heterocycles. The molecule has 1 unspecified atom stereocenters. The van der Waals surface area contributed by atoms with Crippen molar-refractivity contribution >= 4 is 0 Å². The number of rotatable bonds is 7. The summed E-state index contributed by atoms with van der Waals surface area (Å²) in [6.45, 7) is 3.03. The molecule has 0 bridgehead atoms. The zero-order chi connectivity index (χ0) is 11.8. The van der Waals surface area contributed by atoms with Gasteiger partial charge in [-0.05, 0) is 19.1 Å². The van der Waals surface area contributed by atoms with Crippen molar-refractivity contribution in [1.29, 1.82) is 0 Å². The first kappa shape index (κ1) is 12.8. The van der Waals surface area contributed by atoms with Gasteiger partial charge in [-0.3, -0.25) is 0 Å². The third-order valence-corrected chi connectivity index (χ3v) is 1.92. The van der Waals surface area contributed by atoms with Crippen LogP contribution >= 0.6 is 0 Å². The molecule has 0 aliphatic carbocycles. The van der Waals surface area contributed by atoms with E-state index in [0.717, 1.165) is 5.75 Å². The summed E-state index contributed by atoms with van der Waals surface area (Å²) < 4.78 is 15.5. The Morgan fingerprint density at radius 1 is 1.19 bits per heavy atom. The smallest absolute Gasteiger partial charge is 0.123 e. The standard InChI is InChI=1S/C12H18O4/c1-3-15-11-5-4-6-12(7-11)16-9-10(13)8-14-2/h4-7,10,13H,3,8-9H2,1-2H3. The minimum atomic E-state index is -0.610. The lowest BCUT2D eigenvalue weighted by Gasteiger charge is -2.12. The van der Waals surface area contributed by atoms with E-state index in [2.05, 4.69) is 0 Å². The monoisotopic (exact) mass is 226 g/mol. The Kier molecular flexibility index (Phi) is 5.67. The minimum absolute atomic E-state index is 0.212. The molecule has 1 rings (SSSR count). The van der Waals surface area contributed by atoms with E-state index in [4.69, 9.17) is 14.2 Å². The lowest BCUT2D eigenvalue weighted by atomic mass is 10.3. The summed E-state index contributed by atoms with van der Waals surface area (Å²) in [5.41, 5.74) is 0. The van der Waals surface area contributed by atoms with Gasteiger partial charge in [-0.2, -0.15) is 0 Å². The molecule has 16 heavy (non-hydrogen) atoms. The highest BCUT2D eigenvalue weighted by atomic mass is 16.5. The van der Waals surface area contributed by atoms with Gasteiger partial charge in [-0.25, -0.2) is 0 Å². The molecule has 0 saturated carbocycles. The van der Waals surface area contributed by atoms with Crippen molar-refractivity contribution < 1.29 is 19.3 Å². The SMILES string of the molecule is CCOc1cccc(OCC(O)COC)c1. The van der Waals surface area contributed by atoms with E-state index in [9.17, 15) is 5.11 Å². The van der Waals surface area contributed by atoms with E-state index in [1.807, 2.05) is 25.1 Å². The van der Waals surface area contributed by atoms with Gasteiger partial charge >= 0.3 is 0 Å². The van der Waals surface area contributed by atoms with Gasteiger partial charge in [0.15, 0.2) is 0 Å². The fourth-order valence-corrected chi connectivity index (χ4v) is 1.25. The third-order valence-electron chi connectivity index (χ3n) is 1.92. The second-order valence-electron chi connectivity index (χ2n) is 3.33. The molecule has 1 N–H and O–H groups in total. The Labute approximate surface area is 95.8 Å². The molecule has 1 aromatic carbocycles. The van der Waals surface area contributed by atoms with Gasteiger partial charge in [0.2, 0.25) is 0 Å². The van der Waals surface area contributed by atoms with E-state index >= 15 is 0 Å². The van der Waals surface area contributed by atoms with Gasteiger partial charge in [-0.1, -0.05) is 6.07 Å². The van der Waals surface area contributed by atoms with Crippen LogP contribution in [-0.2, 0) is 4.74 Å². The van der Waals surface area contributed by atoms with Crippen molar-refractivity contribution in [3.8, 4) is 11.5 Å². The molecule has 0 saturated heterocycles. The lowest BCUT2D eigenvalue weighted by Crippen LogP contribution is -2.22. The summed E-state index contributed by atoms with van der Waals surface area (Å²) in [5.74, 6) is 1.45. The molecule has 0 spiro atoms. The van der Waals surface area contributed by atoms with Gasteiger partial charge in [0.1, 0.15) is 24.2 Å². The van der Waals surface area contributed by atoms with Crippen molar-refractivity contribution in [3.63, 3.8) is 0 Å². The molecule has 90 valence electrons. The maximum Gasteiger partial charge on any atom is 0.123 e. The maximum absolute atomic E-state index is 9.40. The van der Waals surface area contributed by atoms with E-state index < -0.39 is 6.10 Å². The second-order valence-corrected chi connectivity index (χ2v) is 3.33. The summed E-state index contributed by atoms with van der Waals surface area (Å²) >= 11 is 0. The highest BCUT2D eigenvalue weighted by molar-refractivity contribution is 5.32. The fourth-order valence-electron chi connectivity index (χ4n) is 1.25. The van der Waals surface area contributed by atoms with Gasteiger partial charge in [-0.15, -0.1) is 0 Å². The predicted molar refractivity (Wildman–Crippen MR) is 61.0 cm³/mol. The highest BCUT2D eigenvalue weighted by Crippen LogP contribution is 2.19. The molecule has 4 nitrogen and oxygen atoms in total. The van der Waals surface area contributed by atoms with Crippen molar-refractivity contribution in [3.05, 3.63) is 24.3 Å². The quantitative estimate of drug-likeness (QED) is 0.765. The third kappa shape index (κ3) is 4.51. The predicted octanol–water partition coefficient (Wildman–Crippen LogP) is 1.47. The number of aliphatic hydroxyl groups is 1. The summed E-state index contributed by atoms with van der Waals surface area (Å²) in [4.78, 5) is 0. The van der Waals surface area contributed by atoms with Crippen LogP contribution in [0, 0.1) is 0 Å². The van der Waals surface area contributed by atoms with E-state index in [1.165, 1.54) is 0 Å². The van der Waals surface area contributed by atoms with Crippen LogP contribution in [0.5, 0.6) is 11.5 Å². The van der Waals surface area contributed by atoms with Crippen LogP contribution in [0.1, 0.15) is 6.92 Å². The summed E-state index contributed by atoms with van der Waals surface area (Å²) in [6, 6.07) is 7.33. The number of aliphatic hydroxyl groups excluding tert-OH is 1. The first-order valence-corrected chi connectivity index (χ1v) is 5.29. The van der Waals surface area contributed by atoms with E-state index in [0.29, 0.717) is 12.4 Å². The molecule has 0 aliphatic rings. The Hall–Kier alpha value is -1.26. The number of hydrogen-bond acceptors (Lipinski definition) is 4. The highest BCUT2D eigenvalue weighted by Gasteiger charge is 2.04. The van der Waals surface area contributed by atoms with Gasteiger partial charge in [0.05, 0.1) is 13.2 Å². The number of hydrogen-bond donors (Lipinski definition) is 1. The lowest BCUT2D eigenvalue weighted by molar-refractivity contribution is 0.0325. The summed E-state index contributed by atoms with van der Waals surface area (Å²) in [7, 11) is 1.54. The van der Waals surface area contributed by atoms with Crippen LogP contribution in [-0.4, -0.2) is 38.1 Å². The molecule has 0 aromatic heterocycles. The van der Waals surface area contributed by atoms with Gasteiger partial charge in [0.25, 0.3) is 0 Å². The Balaban J connectivity index is 2.44. The Morgan fingerprint density at radius 2 is 1.88 bits per heavy atom. The van der Waals surface area contributed by atoms with Crippen molar-refractivity contribution in [1.82, 2.24) is 0 Å². The van der Waals surface area contributed by atoms with Gasteiger partial charge < -0.3 is 19.3 Å². The number of methoxy groups -OCH3 is 1. The second kappa shape index (κ2) is 7.09. The maximum atomic E-state index is 9.40. The molecule has 0 radical (unpaired) electrons. The number of benzene rings is 1. The molecule has 0 amide bonds. The normalized spacial score (nSPS) is 12.2. The van der Waals surface area contributed by atoms with Crippen LogP contribution in [0.25, 0.3) is 0 Å². The van der Waals surface area contributed by atoms with Crippen molar-refractivity contribution in [2.45, 2.75) is 13.0 Å². The first-order valence-electron chi connectivity index (χ1n) is 5.29. The molecule has 0 aliphatic heterocycles. The number of ether oxygens (including phenoxy) is 3. The average molecular weight is 226 g/mol. The van der Waals surface area contributed by atoms with Crippen LogP contribution < -0.4 is 9.47 Å². The molecular weight excluding hydrogens is 208 g/mol. The molecule has 1 aromatic rings. The van der Waals surface area contributed by atoms with Crippen molar-refractivity contribution in [2.24, 2.45) is 0 Å². The topological polar surface area (TPSA) is 47.9 Å². The minimum Gasteiger partial charge on any atom is -0.494 e. The van der Waals surface area contributed by atoms with E-state index in [-0.39, 0.29) is 13.2 Å². The zero-order valence-corrected chi connectivity index (χ0v) is 9.68. The molecule has 1 atom stereocenters. The Morgan fingerprint density at radius 3 is 2.50 bits per heavy atom. The molecular formula is C12H18O4. The molecule has 0 fully saturated rings. The van der Waals surface area contributed by atoms with Crippen LogP contribution in [0.2, 0.25) is 0 Å². The summed E-state index contributed by atoms with van der Waals surface area (Å²) in [5, 5.41) is 9.40. The largest absolute Gasteiger partial charge is 0.494 e. The summed E-state index contributed by atoms with van der Waals surface area (Å²) in [6.07, 6.45) is -0.610. The average Bonchev–Trinajstić information content (AvgIpc) is 2.28. The Bertz CT molecular complexity index is 301. The van der Waals surface area contributed by atoms with Crippen LogP contribution in [0.4, 0.5) is 0 Å². The van der Waals surface area contributed by atoms with E-state index in [1.54, 1.807) is 13.2 Å². The van der Waals surface area contributed by atoms with Gasteiger partial charge in [0, 0.05) is 13.2 Å². The zero-order valence-electron chi connectivity index (χ0n) is 9.68. The first-order chi connectivity index (χ1) is 7.76.